The number of nitrogens with one attached hydrogen (secondary N) is 1. The minimum absolute atomic E-state index is 0.0627. The summed E-state index contributed by atoms with van der Waals surface area (Å²) in [5.74, 6) is -0.0627. The highest BCUT2D eigenvalue weighted by Crippen LogP contribution is 2.12. The predicted octanol–water partition coefficient (Wildman–Crippen LogP) is 2.35. The second-order valence-corrected chi connectivity index (χ2v) is 2.93. The average Bonchev–Trinajstić information content (AvgIpc) is 2.25. The Morgan fingerprint density at radius 1 is 1.40 bits per heavy atom. The highest BCUT2D eigenvalue weighted by atomic mass is 16.1. The van der Waals surface area contributed by atoms with Gasteiger partial charge in [0.1, 0.15) is 0 Å². The molecule has 0 bridgehead atoms. The quantitative estimate of drug-likeness (QED) is 0.733. The Kier molecular flexibility index (Phi) is 6.18. The number of hydrogen-bond acceptors (Lipinski definition) is 2. The van der Waals surface area contributed by atoms with E-state index in [0.717, 1.165) is 5.56 Å². The first kappa shape index (κ1) is 13.5. The molecular formula is C12H20N2O. The summed E-state index contributed by atoms with van der Waals surface area (Å²) in [6.45, 7) is 8.41. The summed E-state index contributed by atoms with van der Waals surface area (Å²) in [6, 6.07) is 5.33. The van der Waals surface area contributed by atoms with E-state index in [2.05, 4.69) is 5.32 Å². The van der Waals surface area contributed by atoms with Crippen LogP contribution in [0.15, 0.2) is 18.2 Å². The summed E-state index contributed by atoms with van der Waals surface area (Å²) in [4.78, 5) is 11.5. The maximum absolute atomic E-state index is 11.5. The Balaban J connectivity index is 0.000000921. The summed E-state index contributed by atoms with van der Waals surface area (Å²) < 4.78 is 0. The standard InChI is InChI=1S/C10H14N2O.C2H6/c1-3-12-10(13)9-6-8(11)5-4-7(9)2;1-2/h4-6H,3,11H2,1-2H3,(H,12,13);1-2H3. The number of nitrogens with two attached hydrogens (primary N) is 1. The lowest BCUT2D eigenvalue weighted by Gasteiger charge is -2.06. The van der Waals surface area contributed by atoms with E-state index in [1.165, 1.54) is 0 Å². The third-order valence-corrected chi connectivity index (χ3v) is 1.84. The van der Waals surface area contributed by atoms with Crippen molar-refractivity contribution in [2.75, 3.05) is 12.3 Å². The largest absolute Gasteiger partial charge is 0.399 e. The van der Waals surface area contributed by atoms with Gasteiger partial charge < -0.3 is 11.1 Å². The van der Waals surface area contributed by atoms with Crippen LogP contribution in [0.25, 0.3) is 0 Å². The molecule has 0 heterocycles. The van der Waals surface area contributed by atoms with Crippen molar-refractivity contribution in [2.24, 2.45) is 0 Å². The number of rotatable bonds is 2. The summed E-state index contributed by atoms with van der Waals surface area (Å²) in [5.41, 5.74) is 7.80. The van der Waals surface area contributed by atoms with Crippen LogP contribution in [0.2, 0.25) is 0 Å². The third-order valence-electron chi connectivity index (χ3n) is 1.84. The Hall–Kier alpha value is -1.51. The number of nitrogen functional groups attached to an aromatic ring is 1. The first-order chi connectivity index (χ1) is 7.15. The van der Waals surface area contributed by atoms with Gasteiger partial charge in [-0.05, 0) is 31.5 Å². The lowest BCUT2D eigenvalue weighted by atomic mass is 10.1. The van der Waals surface area contributed by atoms with Crippen LogP contribution >= 0.6 is 0 Å². The molecule has 0 fully saturated rings. The molecule has 0 aromatic heterocycles. The molecule has 3 heteroatoms. The Morgan fingerprint density at radius 3 is 2.53 bits per heavy atom. The van der Waals surface area contributed by atoms with Crippen LogP contribution in [0.3, 0.4) is 0 Å². The van der Waals surface area contributed by atoms with Gasteiger partial charge in [0.25, 0.3) is 5.91 Å². The van der Waals surface area contributed by atoms with E-state index in [0.29, 0.717) is 17.8 Å². The summed E-state index contributed by atoms with van der Waals surface area (Å²) in [5, 5.41) is 2.74. The topological polar surface area (TPSA) is 55.1 Å². The van der Waals surface area contributed by atoms with Crippen LogP contribution in [0.1, 0.15) is 36.7 Å². The fourth-order valence-corrected chi connectivity index (χ4v) is 1.14. The summed E-state index contributed by atoms with van der Waals surface area (Å²) in [6.07, 6.45) is 0. The molecule has 0 atom stereocenters. The first-order valence-corrected chi connectivity index (χ1v) is 5.29. The molecule has 1 aromatic carbocycles. The number of benzene rings is 1. The molecular weight excluding hydrogens is 188 g/mol. The van der Waals surface area contributed by atoms with Gasteiger partial charge in [-0.1, -0.05) is 19.9 Å². The zero-order chi connectivity index (χ0) is 11.8. The Labute approximate surface area is 91.7 Å². The molecule has 1 aromatic rings. The molecule has 3 N–H and O–H groups in total. The lowest BCUT2D eigenvalue weighted by Crippen LogP contribution is -2.23. The fourth-order valence-electron chi connectivity index (χ4n) is 1.14. The first-order valence-electron chi connectivity index (χ1n) is 5.29. The fraction of sp³-hybridized carbons (Fsp3) is 0.417. The van der Waals surface area contributed by atoms with E-state index in [1.54, 1.807) is 12.1 Å². The smallest absolute Gasteiger partial charge is 0.251 e. The average molecular weight is 208 g/mol. The normalized spacial score (nSPS) is 8.80. The summed E-state index contributed by atoms with van der Waals surface area (Å²) in [7, 11) is 0. The molecule has 15 heavy (non-hydrogen) atoms. The number of anilines is 1. The maximum atomic E-state index is 11.5. The molecule has 0 unspecified atom stereocenters. The van der Waals surface area contributed by atoms with Crippen molar-refractivity contribution in [3.63, 3.8) is 0 Å². The van der Waals surface area contributed by atoms with Gasteiger partial charge in [-0.2, -0.15) is 0 Å². The van der Waals surface area contributed by atoms with Crippen molar-refractivity contribution in [3.8, 4) is 0 Å². The van der Waals surface area contributed by atoms with E-state index < -0.39 is 0 Å². The molecule has 3 nitrogen and oxygen atoms in total. The number of carbonyl (C=O) groups excluding carboxylic acids is 1. The molecule has 0 saturated heterocycles. The van der Waals surface area contributed by atoms with Crippen LogP contribution in [0.4, 0.5) is 5.69 Å². The van der Waals surface area contributed by atoms with E-state index in [1.807, 2.05) is 33.8 Å². The zero-order valence-corrected chi connectivity index (χ0v) is 9.92. The van der Waals surface area contributed by atoms with E-state index in [-0.39, 0.29) is 5.91 Å². The molecule has 0 aliphatic rings. The van der Waals surface area contributed by atoms with E-state index >= 15 is 0 Å². The van der Waals surface area contributed by atoms with Gasteiger partial charge in [0, 0.05) is 17.8 Å². The third kappa shape index (κ3) is 4.02. The van der Waals surface area contributed by atoms with Crippen molar-refractivity contribution < 1.29 is 4.79 Å². The lowest BCUT2D eigenvalue weighted by molar-refractivity contribution is 0.0955. The van der Waals surface area contributed by atoms with E-state index in [9.17, 15) is 4.79 Å². The van der Waals surface area contributed by atoms with Crippen molar-refractivity contribution in [1.82, 2.24) is 5.32 Å². The van der Waals surface area contributed by atoms with Crippen LogP contribution in [-0.2, 0) is 0 Å². The molecule has 0 spiro atoms. The number of carbonyl (C=O) groups is 1. The highest BCUT2D eigenvalue weighted by Gasteiger charge is 2.07. The van der Waals surface area contributed by atoms with Crippen molar-refractivity contribution >= 4 is 11.6 Å². The van der Waals surface area contributed by atoms with Crippen LogP contribution in [-0.4, -0.2) is 12.5 Å². The second-order valence-electron chi connectivity index (χ2n) is 2.93. The van der Waals surface area contributed by atoms with Crippen LogP contribution in [0.5, 0.6) is 0 Å². The van der Waals surface area contributed by atoms with Gasteiger partial charge in [0.05, 0.1) is 0 Å². The Morgan fingerprint density at radius 2 is 2.00 bits per heavy atom. The number of amides is 1. The maximum Gasteiger partial charge on any atom is 0.251 e. The van der Waals surface area contributed by atoms with Gasteiger partial charge in [-0.25, -0.2) is 0 Å². The van der Waals surface area contributed by atoms with Crippen LogP contribution < -0.4 is 11.1 Å². The Bertz CT molecular complexity index is 321. The van der Waals surface area contributed by atoms with Gasteiger partial charge in [0.2, 0.25) is 0 Å². The van der Waals surface area contributed by atoms with Gasteiger partial charge in [-0.3, -0.25) is 4.79 Å². The predicted molar refractivity (Wildman–Crippen MR) is 64.9 cm³/mol. The minimum atomic E-state index is -0.0627. The SMILES string of the molecule is CC.CCNC(=O)c1cc(N)ccc1C. The molecule has 0 aliphatic heterocycles. The molecule has 1 amide bonds. The monoisotopic (exact) mass is 208 g/mol. The molecule has 0 saturated carbocycles. The molecule has 1 rings (SSSR count). The minimum Gasteiger partial charge on any atom is -0.399 e. The van der Waals surface area contributed by atoms with Crippen molar-refractivity contribution in [2.45, 2.75) is 27.7 Å². The van der Waals surface area contributed by atoms with Crippen LogP contribution in [0, 0.1) is 6.92 Å². The number of hydrogen-bond donors (Lipinski definition) is 2. The van der Waals surface area contributed by atoms with E-state index in [4.69, 9.17) is 5.73 Å². The molecule has 0 aliphatic carbocycles. The molecule has 84 valence electrons. The number of aryl methyl sites for hydroxylation is 1. The van der Waals surface area contributed by atoms with Crippen molar-refractivity contribution in [3.05, 3.63) is 29.3 Å². The van der Waals surface area contributed by atoms with Gasteiger partial charge in [-0.15, -0.1) is 0 Å². The second kappa shape index (κ2) is 6.87. The van der Waals surface area contributed by atoms with Gasteiger partial charge >= 0.3 is 0 Å². The van der Waals surface area contributed by atoms with Crippen molar-refractivity contribution in [1.29, 1.82) is 0 Å². The summed E-state index contributed by atoms with van der Waals surface area (Å²) >= 11 is 0. The van der Waals surface area contributed by atoms with Gasteiger partial charge in [0.15, 0.2) is 0 Å². The highest BCUT2D eigenvalue weighted by molar-refractivity contribution is 5.96. The zero-order valence-electron chi connectivity index (χ0n) is 9.92. The molecule has 0 radical (unpaired) electrons.